The number of aromatic hydroxyl groups is 3. The van der Waals surface area contributed by atoms with E-state index in [9.17, 15) is 40.5 Å². The third kappa shape index (κ3) is 3.83. The largest absolute Gasteiger partial charge is 0.507 e. The third-order valence-corrected chi connectivity index (χ3v) is 5.14. The van der Waals surface area contributed by atoms with Gasteiger partial charge in [0.1, 0.15) is 52.6 Å². The Balaban J connectivity index is 1.72. The maximum absolute atomic E-state index is 12.5. The first kappa shape index (κ1) is 21.9. The lowest BCUT2D eigenvalue weighted by Gasteiger charge is -2.39. The van der Waals surface area contributed by atoms with E-state index in [1.807, 2.05) is 0 Å². The molecule has 1 aliphatic heterocycles. The fourth-order valence-corrected chi connectivity index (χ4v) is 3.43. The Morgan fingerprint density at radius 2 is 1.62 bits per heavy atom. The van der Waals surface area contributed by atoms with Crippen molar-refractivity contribution in [1.29, 1.82) is 0 Å². The lowest BCUT2D eigenvalue weighted by molar-refractivity contribution is -0.277. The monoisotopic (exact) mass is 448 g/mol. The fourth-order valence-electron chi connectivity index (χ4n) is 3.43. The molecule has 1 aliphatic rings. The van der Waals surface area contributed by atoms with Crippen LogP contribution in [0.2, 0.25) is 0 Å². The van der Waals surface area contributed by atoms with E-state index in [-0.39, 0.29) is 33.8 Å². The van der Waals surface area contributed by atoms with Crippen LogP contribution >= 0.6 is 0 Å². The van der Waals surface area contributed by atoms with Crippen molar-refractivity contribution in [1.82, 2.24) is 0 Å². The summed E-state index contributed by atoms with van der Waals surface area (Å²) in [4.78, 5) is 12.5. The van der Waals surface area contributed by atoms with Gasteiger partial charge in [-0.2, -0.15) is 0 Å². The van der Waals surface area contributed by atoms with Crippen LogP contribution in [0, 0.1) is 0 Å². The number of rotatable bonds is 4. The second-order valence-electron chi connectivity index (χ2n) is 7.31. The van der Waals surface area contributed by atoms with Crippen LogP contribution in [-0.4, -0.2) is 73.1 Å². The number of phenolic OH excluding ortho intramolecular Hbond substituents is 3. The van der Waals surface area contributed by atoms with E-state index < -0.39 is 54.2 Å². The lowest BCUT2D eigenvalue weighted by Crippen LogP contribution is -2.60. The number of hydrogen-bond acceptors (Lipinski definition) is 11. The van der Waals surface area contributed by atoms with E-state index in [2.05, 4.69) is 0 Å². The molecular formula is C21H20O11. The Labute approximate surface area is 179 Å². The van der Waals surface area contributed by atoms with Gasteiger partial charge in [0.2, 0.25) is 6.29 Å². The highest BCUT2D eigenvalue weighted by Crippen LogP contribution is 2.35. The molecule has 2 heterocycles. The molecule has 5 atom stereocenters. The summed E-state index contributed by atoms with van der Waals surface area (Å²) in [6, 6.07) is 7.23. The van der Waals surface area contributed by atoms with Gasteiger partial charge >= 0.3 is 0 Å². The van der Waals surface area contributed by atoms with Crippen molar-refractivity contribution in [2.75, 3.05) is 6.61 Å². The molecule has 0 bridgehead atoms. The fraction of sp³-hybridized carbons (Fsp3) is 0.286. The summed E-state index contributed by atoms with van der Waals surface area (Å²) in [5.41, 5.74) is -0.413. The van der Waals surface area contributed by atoms with Crippen LogP contribution in [0.3, 0.4) is 0 Å². The van der Waals surface area contributed by atoms with Crippen molar-refractivity contribution in [2.45, 2.75) is 30.7 Å². The molecule has 4 rings (SSSR count). The molecule has 1 saturated heterocycles. The van der Waals surface area contributed by atoms with Crippen molar-refractivity contribution >= 4 is 11.0 Å². The molecule has 0 amide bonds. The second-order valence-corrected chi connectivity index (χ2v) is 7.31. The summed E-state index contributed by atoms with van der Waals surface area (Å²) in [6.45, 7) is -0.647. The molecule has 2 aromatic carbocycles. The number of phenols is 3. The van der Waals surface area contributed by atoms with E-state index in [1.54, 1.807) is 0 Å². The first-order valence-electron chi connectivity index (χ1n) is 9.50. The second kappa shape index (κ2) is 8.30. The van der Waals surface area contributed by atoms with Gasteiger partial charge in [0.15, 0.2) is 16.9 Å². The van der Waals surface area contributed by atoms with Crippen LogP contribution in [-0.2, 0) is 4.74 Å². The molecule has 1 aromatic heterocycles. The standard InChI is InChI=1S/C21H20O11/c22-7-16-18(27)19(28)20(29)21(32-16)30-9-4-12(25)17-13(26)6-14(31-15(17)5-9)8-1-2-10(23)11(24)3-8/h1-6,16,18-25,27-29H,7H2/t16-,18-,19-,20-,21-/m1/s1. The van der Waals surface area contributed by atoms with Crippen molar-refractivity contribution in [3.8, 4) is 34.3 Å². The number of benzene rings is 2. The summed E-state index contributed by atoms with van der Waals surface area (Å²) in [6.07, 6.45) is -7.61. The van der Waals surface area contributed by atoms with Crippen LogP contribution < -0.4 is 10.2 Å². The first-order chi connectivity index (χ1) is 15.2. The van der Waals surface area contributed by atoms with Gasteiger partial charge in [-0.1, -0.05) is 0 Å². The lowest BCUT2D eigenvalue weighted by atomic mass is 9.99. The summed E-state index contributed by atoms with van der Waals surface area (Å²) in [7, 11) is 0. The zero-order chi connectivity index (χ0) is 23.2. The SMILES string of the molecule is O=c1cc(-c2ccc(O)c(O)c2)oc2cc(O[C@@H]3O[C@H](CO)[C@@H](O)[C@@H](O)[C@H]3O)cc(O)c12. The molecule has 0 spiro atoms. The normalized spacial score (nSPS) is 25.7. The summed E-state index contributed by atoms with van der Waals surface area (Å²) < 4.78 is 16.4. The van der Waals surface area contributed by atoms with Gasteiger partial charge < -0.3 is 49.6 Å². The molecular weight excluding hydrogens is 428 g/mol. The average Bonchev–Trinajstić information content (AvgIpc) is 2.75. The Morgan fingerprint density at radius 3 is 2.31 bits per heavy atom. The van der Waals surface area contributed by atoms with Gasteiger partial charge in [-0.3, -0.25) is 4.79 Å². The summed E-state index contributed by atoms with van der Waals surface area (Å²) >= 11 is 0. The van der Waals surface area contributed by atoms with Gasteiger partial charge in [-0.05, 0) is 18.2 Å². The highest BCUT2D eigenvalue weighted by Gasteiger charge is 2.44. The Hall–Kier alpha value is -3.35. The zero-order valence-electron chi connectivity index (χ0n) is 16.3. The predicted molar refractivity (Wildman–Crippen MR) is 107 cm³/mol. The van der Waals surface area contributed by atoms with Crippen LogP contribution in [0.15, 0.2) is 45.6 Å². The van der Waals surface area contributed by atoms with Crippen LogP contribution in [0.25, 0.3) is 22.3 Å². The molecule has 7 N–H and O–H groups in total. The average molecular weight is 448 g/mol. The zero-order valence-corrected chi connectivity index (χ0v) is 16.3. The molecule has 0 radical (unpaired) electrons. The van der Waals surface area contributed by atoms with Crippen LogP contribution in [0.1, 0.15) is 0 Å². The van der Waals surface area contributed by atoms with E-state index in [1.165, 1.54) is 24.3 Å². The minimum absolute atomic E-state index is 0.0298. The van der Waals surface area contributed by atoms with Gasteiger partial charge in [0.05, 0.1) is 6.61 Å². The van der Waals surface area contributed by atoms with Crippen LogP contribution in [0.4, 0.5) is 0 Å². The Morgan fingerprint density at radius 1 is 0.875 bits per heavy atom. The third-order valence-electron chi connectivity index (χ3n) is 5.14. The molecule has 0 saturated carbocycles. The van der Waals surface area contributed by atoms with Gasteiger partial charge in [0.25, 0.3) is 0 Å². The maximum atomic E-state index is 12.5. The Bertz CT molecular complexity index is 1200. The van der Waals surface area contributed by atoms with E-state index >= 15 is 0 Å². The number of aliphatic hydroxyl groups excluding tert-OH is 4. The molecule has 3 aromatic rings. The minimum atomic E-state index is -1.68. The van der Waals surface area contributed by atoms with Crippen molar-refractivity contribution < 1.29 is 49.6 Å². The Kier molecular flexibility index (Phi) is 5.67. The summed E-state index contributed by atoms with van der Waals surface area (Å²) in [5, 5.41) is 68.5. The van der Waals surface area contributed by atoms with E-state index in [0.29, 0.717) is 0 Å². The van der Waals surface area contributed by atoms with E-state index in [0.717, 1.165) is 12.1 Å². The maximum Gasteiger partial charge on any atom is 0.229 e. The van der Waals surface area contributed by atoms with Crippen molar-refractivity contribution in [3.63, 3.8) is 0 Å². The van der Waals surface area contributed by atoms with Crippen molar-refractivity contribution in [3.05, 3.63) is 46.6 Å². The van der Waals surface area contributed by atoms with Crippen molar-refractivity contribution in [2.24, 2.45) is 0 Å². The first-order valence-corrected chi connectivity index (χ1v) is 9.50. The molecule has 0 aliphatic carbocycles. The van der Waals surface area contributed by atoms with Gasteiger partial charge in [-0.15, -0.1) is 0 Å². The van der Waals surface area contributed by atoms with Gasteiger partial charge in [0, 0.05) is 23.8 Å². The molecule has 11 heteroatoms. The molecule has 170 valence electrons. The number of aliphatic hydroxyl groups is 4. The molecule has 1 fully saturated rings. The minimum Gasteiger partial charge on any atom is -0.507 e. The number of ether oxygens (including phenoxy) is 2. The predicted octanol–water partition coefficient (Wildman–Crippen LogP) is -0.245. The smallest absolute Gasteiger partial charge is 0.229 e. The van der Waals surface area contributed by atoms with E-state index in [4.69, 9.17) is 13.9 Å². The molecule has 11 nitrogen and oxygen atoms in total. The highest BCUT2D eigenvalue weighted by molar-refractivity contribution is 5.86. The molecule has 32 heavy (non-hydrogen) atoms. The topological polar surface area (TPSA) is 190 Å². The van der Waals surface area contributed by atoms with Gasteiger partial charge in [-0.25, -0.2) is 0 Å². The molecule has 0 unspecified atom stereocenters. The number of fused-ring (bicyclic) bond motifs is 1. The quantitative estimate of drug-likeness (QED) is 0.261. The van der Waals surface area contributed by atoms with Crippen LogP contribution in [0.5, 0.6) is 23.0 Å². The summed E-state index contributed by atoms with van der Waals surface area (Å²) in [5.74, 6) is -1.34. The highest BCUT2D eigenvalue weighted by atomic mass is 16.7. The number of hydrogen-bond donors (Lipinski definition) is 7.